The Kier molecular flexibility index (Phi) is 7.00. The molecular weight excluding hydrogens is 266 g/mol. The highest BCUT2D eigenvalue weighted by Crippen LogP contribution is 2.10. The van der Waals surface area contributed by atoms with Gasteiger partial charge in [-0.1, -0.05) is 5.92 Å². The molecular formula is C16H29N3O2. The number of rotatable bonds is 5. The predicted octanol–water partition coefficient (Wildman–Crippen LogP) is 1.59. The van der Waals surface area contributed by atoms with Crippen LogP contribution in [0.4, 0.5) is 4.79 Å². The summed E-state index contributed by atoms with van der Waals surface area (Å²) >= 11 is 0. The number of carbonyl (C=O) groups is 1. The van der Waals surface area contributed by atoms with Crippen LogP contribution >= 0.6 is 0 Å². The van der Waals surface area contributed by atoms with Crippen molar-refractivity contribution in [2.75, 3.05) is 26.2 Å². The lowest BCUT2D eigenvalue weighted by molar-refractivity contribution is 0.0521. The normalized spacial score (nSPS) is 18.8. The fourth-order valence-electron chi connectivity index (χ4n) is 2.40. The molecule has 5 nitrogen and oxygen atoms in total. The van der Waals surface area contributed by atoms with Gasteiger partial charge in [0, 0.05) is 31.7 Å². The van der Waals surface area contributed by atoms with Gasteiger partial charge in [-0.25, -0.2) is 4.79 Å². The number of nitrogens with zero attached hydrogens (tertiary/aromatic N) is 1. The number of terminal acetylenes is 1. The lowest BCUT2D eigenvalue weighted by Gasteiger charge is -2.33. The van der Waals surface area contributed by atoms with Crippen molar-refractivity contribution in [1.29, 1.82) is 0 Å². The van der Waals surface area contributed by atoms with Gasteiger partial charge >= 0.3 is 6.09 Å². The number of hydrogen-bond donors (Lipinski definition) is 2. The summed E-state index contributed by atoms with van der Waals surface area (Å²) in [6, 6.07) is 0.719. The lowest BCUT2D eigenvalue weighted by atomic mass is 10.0. The zero-order chi connectivity index (χ0) is 15.9. The van der Waals surface area contributed by atoms with Gasteiger partial charge in [-0.3, -0.25) is 4.90 Å². The monoisotopic (exact) mass is 295 g/mol. The van der Waals surface area contributed by atoms with Crippen molar-refractivity contribution in [3.8, 4) is 12.3 Å². The number of likely N-dealkylation sites (tertiary alicyclic amines) is 1. The van der Waals surface area contributed by atoms with E-state index in [1.807, 2.05) is 20.8 Å². The predicted molar refractivity (Wildman–Crippen MR) is 85.1 cm³/mol. The molecule has 0 aromatic heterocycles. The molecule has 1 rings (SSSR count). The van der Waals surface area contributed by atoms with E-state index in [9.17, 15) is 4.79 Å². The average Bonchev–Trinajstić information content (AvgIpc) is 2.37. The zero-order valence-corrected chi connectivity index (χ0v) is 13.7. The summed E-state index contributed by atoms with van der Waals surface area (Å²) in [6.07, 6.45) is 7.16. The van der Waals surface area contributed by atoms with Gasteiger partial charge in [0.15, 0.2) is 0 Å². The molecule has 0 spiro atoms. The third kappa shape index (κ3) is 7.93. The second-order valence-electron chi connectivity index (χ2n) is 6.71. The molecule has 0 aromatic rings. The van der Waals surface area contributed by atoms with Crippen LogP contribution in [-0.2, 0) is 4.74 Å². The van der Waals surface area contributed by atoms with Crippen molar-refractivity contribution in [3.05, 3.63) is 0 Å². The van der Waals surface area contributed by atoms with Crippen LogP contribution < -0.4 is 10.6 Å². The molecule has 1 fully saturated rings. The molecule has 5 heteroatoms. The molecule has 1 aliphatic rings. The molecule has 21 heavy (non-hydrogen) atoms. The first-order chi connectivity index (χ1) is 9.80. The second-order valence-corrected chi connectivity index (χ2v) is 6.71. The summed E-state index contributed by atoms with van der Waals surface area (Å²) in [4.78, 5) is 13.9. The smallest absolute Gasteiger partial charge is 0.407 e. The fraction of sp³-hybridized carbons (Fsp3) is 0.812. The Bertz CT molecular complexity index is 363. The quantitative estimate of drug-likeness (QED) is 0.756. The number of ether oxygens (including phenoxy) is 1. The number of amides is 1. The van der Waals surface area contributed by atoms with Gasteiger partial charge in [-0.2, -0.15) is 0 Å². The molecule has 0 bridgehead atoms. The van der Waals surface area contributed by atoms with Crippen molar-refractivity contribution in [3.63, 3.8) is 0 Å². The lowest BCUT2D eigenvalue weighted by Crippen LogP contribution is -2.49. The molecule has 1 unspecified atom stereocenters. The summed E-state index contributed by atoms with van der Waals surface area (Å²) in [6.45, 7) is 11.0. The van der Waals surface area contributed by atoms with Crippen LogP contribution in [0.3, 0.4) is 0 Å². The van der Waals surface area contributed by atoms with E-state index in [-0.39, 0.29) is 12.1 Å². The van der Waals surface area contributed by atoms with E-state index in [2.05, 4.69) is 28.4 Å². The fourth-order valence-corrected chi connectivity index (χ4v) is 2.40. The molecule has 1 amide bonds. The van der Waals surface area contributed by atoms with Gasteiger partial charge in [-0.05, 0) is 40.5 Å². The topological polar surface area (TPSA) is 53.6 Å². The molecule has 2 N–H and O–H groups in total. The molecule has 0 aromatic carbocycles. The van der Waals surface area contributed by atoms with E-state index in [0.717, 1.165) is 32.5 Å². The van der Waals surface area contributed by atoms with Gasteiger partial charge in [0.05, 0.1) is 6.54 Å². The Hall–Kier alpha value is -1.25. The maximum absolute atomic E-state index is 11.6. The number of piperidine rings is 1. The SMILES string of the molecule is C#CCN1CCC(NC(C)CNC(=O)OC(C)(C)C)CC1. The zero-order valence-electron chi connectivity index (χ0n) is 13.7. The molecule has 1 atom stereocenters. The van der Waals surface area contributed by atoms with Crippen LogP contribution in [0, 0.1) is 12.3 Å². The Morgan fingerprint density at radius 3 is 2.57 bits per heavy atom. The Morgan fingerprint density at radius 1 is 1.43 bits per heavy atom. The third-order valence-corrected chi connectivity index (χ3v) is 3.37. The first-order valence-electron chi connectivity index (χ1n) is 7.69. The highest BCUT2D eigenvalue weighted by atomic mass is 16.6. The average molecular weight is 295 g/mol. The summed E-state index contributed by atoms with van der Waals surface area (Å²) in [5, 5.41) is 6.35. The van der Waals surface area contributed by atoms with E-state index < -0.39 is 5.60 Å². The number of carbonyl (C=O) groups excluding carboxylic acids is 1. The largest absolute Gasteiger partial charge is 0.444 e. The standard InChI is InChI=1S/C16H29N3O2/c1-6-9-19-10-7-14(8-11-19)18-13(2)12-17-15(20)21-16(3,4)5/h1,13-14,18H,7-12H2,2-5H3,(H,17,20). The molecule has 0 radical (unpaired) electrons. The van der Waals surface area contributed by atoms with Crippen LogP contribution in [0.5, 0.6) is 0 Å². The second kappa shape index (κ2) is 8.26. The van der Waals surface area contributed by atoms with Crippen molar-refractivity contribution < 1.29 is 9.53 Å². The van der Waals surface area contributed by atoms with Crippen molar-refractivity contribution in [1.82, 2.24) is 15.5 Å². The maximum Gasteiger partial charge on any atom is 0.407 e. The number of alkyl carbamates (subject to hydrolysis) is 1. The van der Waals surface area contributed by atoms with Gasteiger partial charge in [0.1, 0.15) is 5.60 Å². The Morgan fingerprint density at radius 2 is 2.05 bits per heavy atom. The number of hydrogen-bond acceptors (Lipinski definition) is 4. The first kappa shape index (κ1) is 17.8. The van der Waals surface area contributed by atoms with Crippen molar-refractivity contribution in [2.45, 2.75) is 58.2 Å². The van der Waals surface area contributed by atoms with E-state index in [0.29, 0.717) is 12.6 Å². The molecule has 120 valence electrons. The van der Waals surface area contributed by atoms with E-state index in [4.69, 9.17) is 11.2 Å². The minimum atomic E-state index is -0.454. The Labute approximate surface area is 128 Å². The van der Waals surface area contributed by atoms with Crippen LogP contribution in [0.1, 0.15) is 40.5 Å². The molecule has 1 heterocycles. The summed E-state index contributed by atoms with van der Waals surface area (Å²) in [7, 11) is 0. The highest BCUT2D eigenvalue weighted by molar-refractivity contribution is 5.67. The van der Waals surface area contributed by atoms with Crippen LogP contribution in [-0.4, -0.2) is 54.9 Å². The van der Waals surface area contributed by atoms with Crippen LogP contribution in [0.25, 0.3) is 0 Å². The van der Waals surface area contributed by atoms with Gasteiger partial charge in [0.25, 0.3) is 0 Å². The van der Waals surface area contributed by atoms with E-state index >= 15 is 0 Å². The summed E-state index contributed by atoms with van der Waals surface area (Å²) in [5.74, 6) is 2.69. The maximum atomic E-state index is 11.6. The Balaban J connectivity index is 2.18. The number of nitrogens with one attached hydrogen (secondary N) is 2. The molecule has 1 aliphatic heterocycles. The van der Waals surface area contributed by atoms with E-state index in [1.54, 1.807) is 0 Å². The van der Waals surface area contributed by atoms with Crippen LogP contribution in [0.2, 0.25) is 0 Å². The van der Waals surface area contributed by atoms with Gasteiger partial charge in [-0.15, -0.1) is 6.42 Å². The first-order valence-corrected chi connectivity index (χ1v) is 7.69. The van der Waals surface area contributed by atoms with Crippen LogP contribution in [0.15, 0.2) is 0 Å². The molecule has 0 saturated carbocycles. The molecule has 0 aliphatic carbocycles. The molecule has 1 saturated heterocycles. The highest BCUT2D eigenvalue weighted by Gasteiger charge is 2.20. The minimum absolute atomic E-state index is 0.224. The van der Waals surface area contributed by atoms with Crippen molar-refractivity contribution in [2.24, 2.45) is 0 Å². The summed E-state index contributed by atoms with van der Waals surface area (Å²) < 4.78 is 5.22. The van der Waals surface area contributed by atoms with E-state index in [1.165, 1.54) is 0 Å². The minimum Gasteiger partial charge on any atom is -0.444 e. The van der Waals surface area contributed by atoms with Gasteiger partial charge in [0.2, 0.25) is 0 Å². The van der Waals surface area contributed by atoms with Crippen molar-refractivity contribution >= 4 is 6.09 Å². The third-order valence-electron chi connectivity index (χ3n) is 3.37. The summed E-state index contributed by atoms with van der Waals surface area (Å²) in [5.41, 5.74) is -0.454. The van der Waals surface area contributed by atoms with Gasteiger partial charge < -0.3 is 15.4 Å².